The molecule has 0 aliphatic rings. The van der Waals surface area contributed by atoms with Crippen LogP contribution in [0.15, 0.2) is 24.3 Å². The highest BCUT2D eigenvalue weighted by Gasteiger charge is 2.18. The first kappa shape index (κ1) is 19.8. The lowest BCUT2D eigenvalue weighted by Gasteiger charge is -2.18. The maximum Gasteiger partial charge on any atom is 0.387 e. The number of nitrogens with one attached hydrogen (secondary N) is 3. The van der Waals surface area contributed by atoms with Crippen molar-refractivity contribution in [2.24, 2.45) is 0 Å². The number of alkyl halides is 2. The molecule has 0 aliphatic heterocycles. The Morgan fingerprint density at radius 3 is 2.38 bits per heavy atom. The molecule has 0 saturated heterocycles. The molecule has 1 aromatic rings. The third kappa shape index (κ3) is 7.36. The Kier molecular flexibility index (Phi) is 8.11. The van der Waals surface area contributed by atoms with E-state index in [1.807, 2.05) is 20.8 Å². The molecule has 1 aromatic carbocycles. The van der Waals surface area contributed by atoms with Gasteiger partial charge in [-0.15, -0.1) is 0 Å². The van der Waals surface area contributed by atoms with Gasteiger partial charge < -0.3 is 20.3 Å². The Balaban J connectivity index is 2.62. The second kappa shape index (κ2) is 9.82. The van der Waals surface area contributed by atoms with Crippen molar-refractivity contribution < 1.29 is 28.0 Å². The second-order valence-corrected chi connectivity index (χ2v) is 5.60. The minimum Gasteiger partial charge on any atom is -0.433 e. The third-order valence-electron chi connectivity index (χ3n) is 3.15. The largest absolute Gasteiger partial charge is 0.433 e. The number of rotatable bonds is 9. The minimum atomic E-state index is -2.97. The molecule has 0 aromatic heterocycles. The molecule has 1 atom stereocenters. The van der Waals surface area contributed by atoms with Crippen molar-refractivity contribution in [3.05, 3.63) is 24.3 Å². The zero-order chi connectivity index (χ0) is 18.1. The molecule has 0 bridgehead atoms. The Labute approximate surface area is 140 Å². The van der Waals surface area contributed by atoms with Crippen molar-refractivity contribution in [1.29, 1.82) is 0 Å². The van der Waals surface area contributed by atoms with Crippen LogP contribution in [0.5, 0.6) is 5.75 Å². The van der Waals surface area contributed by atoms with E-state index in [0.29, 0.717) is 6.54 Å². The van der Waals surface area contributed by atoms with Crippen LogP contribution in [0.1, 0.15) is 20.8 Å². The second-order valence-electron chi connectivity index (χ2n) is 5.60. The van der Waals surface area contributed by atoms with E-state index in [0.717, 1.165) is 4.90 Å². The summed E-state index contributed by atoms with van der Waals surface area (Å²) in [5.74, 6) is -0.623. The van der Waals surface area contributed by atoms with E-state index >= 15 is 0 Å². The fraction of sp³-hybridized carbons (Fsp3) is 0.500. The predicted molar refractivity (Wildman–Crippen MR) is 86.2 cm³/mol. The van der Waals surface area contributed by atoms with Gasteiger partial charge >= 0.3 is 6.61 Å². The van der Waals surface area contributed by atoms with Gasteiger partial charge in [0.1, 0.15) is 5.75 Å². The molecule has 0 radical (unpaired) electrons. The maximum atomic E-state index is 12.4. The number of likely N-dealkylation sites (N-methyl/N-ethyl adjacent to an activating group) is 1. The first-order chi connectivity index (χ1) is 11.3. The summed E-state index contributed by atoms with van der Waals surface area (Å²) in [7, 11) is 0. The van der Waals surface area contributed by atoms with Gasteiger partial charge in [-0.05, 0) is 32.9 Å². The molecule has 6 nitrogen and oxygen atoms in total. The Morgan fingerprint density at radius 2 is 1.79 bits per heavy atom. The fourth-order valence-corrected chi connectivity index (χ4v) is 2.10. The molecule has 0 saturated carbocycles. The van der Waals surface area contributed by atoms with Crippen LogP contribution in [-0.4, -0.2) is 44.1 Å². The fourth-order valence-electron chi connectivity index (χ4n) is 2.10. The van der Waals surface area contributed by atoms with Gasteiger partial charge in [-0.1, -0.05) is 12.1 Å². The minimum absolute atomic E-state index is 0.0304. The van der Waals surface area contributed by atoms with Gasteiger partial charge in [0.2, 0.25) is 0 Å². The van der Waals surface area contributed by atoms with E-state index in [4.69, 9.17) is 0 Å². The summed E-state index contributed by atoms with van der Waals surface area (Å²) in [6.45, 7) is 3.39. The number of para-hydroxylation sites is 2. The molecular formula is C16H24F2N3O3+. The van der Waals surface area contributed by atoms with E-state index in [-0.39, 0.29) is 42.4 Å². The van der Waals surface area contributed by atoms with Crippen LogP contribution in [0.4, 0.5) is 14.5 Å². The van der Waals surface area contributed by atoms with Crippen LogP contribution >= 0.6 is 0 Å². The van der Waals surface area contributed by atoms with Gasteiger partial charge in [0.25, 0.3) is 11.8 Å². The van der Waals surface area contributed by atoms with Crippen molar-refractivity contribution in [2.45, 2.75) is 33.4 Å². The summed E-state index contributed by atoms with van der Waals surface area (Å²) in [4.78, 5) is 24.6. The molecule has 0 spiro atoms. The van der Waals surface area contributed by atoms with Crippen LogP contribution in [0.3, 0.4) is 0 Å². The smallest absolute Gasteiger partial charge is 0.387 e. The number of amides is 2. The summed E-state index contributed by atoms with van der Waals surface area (Å²) in [6, 6.07) is 6.00. The van der Waals surface area contributed by atoms with Gasteiger partial charge in [-0.2, -0.15) is 8.78 Å². The van der Waals surface area contributed by atoms with E-state index in [2.05, 4.69) is 15.4 Å². The third-order valence-corrected chi connectivity index (χ3v) is 3.15. The van der Waals surface area contributed by atoms with Crippen molar-refractivity contribution in [3.63, 3.8) is 0 Å². The average molecular weight is 344 g/mol. The molecule has 3 N–H and O–H groups in total. The number of carbonyl (C=O) groups is 2. The number of benzene rings is 1. The molecule has 1 rings (SSSR count). The number of quaternary nitrogens is 1. The van der Waals surface area contributed by atoms with Crippen LogP contribution in [0.25, 0.3) is 0 Å². The summed E-state index contributed by atoms with van der Waals surface area (Å²) in [5.41, 5.74) is 0.171. The number of hydrogen-bond acceptors (Lipinski definition) is 3. The SMILES string of the molecule is CC[NH+](CC(=O)Nc1ccccc1OC(F)F)CC(=O)NC(C)C. The summed E-state index contributed by atoms with van der Waals surface area (Å²) < 4.78 is 29.1. The van der Waals surface area contributed by atoms with Crippen LogP contribution in [-0.2, 0) is 9.59 Å². The quantitative estimate of drug-likeness (QED) is 0.616. The summed E-state index contributed by atoms with van der Waals surface area (Å²) in [5, 5.41) is 5.31. The van der Waals surface area contributed by atoms with Crippen molar-refractivity contribution in [1.82, 2.24) is 5.32 Å². The number of halogens is 2. The molecular weight excluding hydrogens is 320 g/mol. The summed E-state index contributed by atoms with van der Waals surface area (Å²) >= 11 is 0. The van der Waals surface area contributed by atoms with Crippen LogP contribution in [0.2, 0.25) is 0 Å². The number of carbonyl (C=O) groups excluding carboxylic acids is 2. The average Bonchev–Trinajstić information content (AvgIpc) is 2.47. The molecule has 0 aliphatic carbocycles. The topological polar surface area (TPSA) is 71.9 Å². The van der Waals surface area contributed by atoms with Gasteiger partial charge in [0.15, 0.2) is 13.1 Å². The van der Waals surface area contributed by atoms with Gasteiger partial charge in [-0.25, -0.2) is 0 Å². The molecule has 2 amide bonds. The molecule has 24 heavy (non-hydrogen) atoms. The zero-order valence-corrected chi connectivity index (χ0v) is 14.1. The van der Waals surface area contributed by atoms with E-state index in [1.54, 1.807) is 6.07 Å². The first-order valence-corrected chi connectivity index (χ1v) is 7.78. The van der Waals surface area contributed by atoms with Crippen LogP contribution in [0, 0.1) is 0 Å². The lowest BCUT2D eigenvalue weighted by atomic mass is 10.3. The van der Waals surface area contributed by atoms with Gasteiger partial charge in [0.05, 0.1) is 12.2 Å². The highest BCUT2D eigenvalue weighted by Crippen LogP contribution is 2.25. The van der Waals surface area contributed by atoms with E-state index < -0.39 is 6.61 Å². The zero-order valence-electron chi connectivity index (χ0n) is 14.1. The number of anilines is 1. The predicted octanol–water partition coefficient (Wildman–Crippen LogP) is 0.656. The molecule has 134 valence electrons. The Morgan fingerprint density at radius 1 is 1.17 bits per heavy atom. The van der Waals surface area contributed by atoms with E-state index in [1.165, 1.54) is 18.2 Å². The normalized spacial score (nSPS) is 12.1. The first-order valence-electron chi connectivity index (χ1n) is 7.78. The standard InChI is InChI=1S/C16H23F2N3O3/c1-4-21(9-14(22)19-11(2)3)10-15(23)20-12-7-5-6-8-13(12)24-16(17)18/h5-8,11,16H,4,9-10H2,1-3H3,(H,19,22)(H,20,23)/p+1. The van der Waals surface area contributed by atoms with Crippen LogP contribution < -0.4 is 20.3 Å². The van der Waals surface area contributed by atoms with E-state index in [9.17, 15) is 18.4 Å². The van der Waals surface area contributed by atoms with Crippen molar-refractivity contribution >= 4 is 17.5 Å². The maximum absolute atomic E-state index is 12.4. The summed E-state index contributed by atoms with van der Waals surface area (Å²) in [6.07, 6.45) is 0. The Bertz CT molecular complexity index is 553. The Hall–Kier alpha value is -2.22. The van der Waals surface area contributed by atoms with Gasteiger partial charge in [-0.3, -0.25) is 9.59 Å². The molecule has 8 heteroatoms. The monoisotopic (exact) mass is 344 g/mol. The highest BCUT2D eigenvalue weighted by atomic mass is 19.3. The number of ether oxygens (including phenoxy) is 1. The van der Waals surface area contributed by atoms with Gasteiger partial charge in [0, 0.05) is 6.04 Å². The van der Waals surface area contributed by atoms with Crippen molar-refractivity contribution in [3.8, 4) is 5.75 Å². The molecule has 0 heterocycles. The molecule has 1 unspecified atom stereocenters. The highest BCUT2D eigenvalue weighted by molar-refractivity contribution is 5.93. The lowest BCUT2D eigenvalue weighted by Crippen LogP contribution is -3.14. The van der Waals surface area contributed by atoms with Crippen molar-refractivity contribution in [2.75, 3.05) is 25.0 Å². The lowest BCUT2D eigenvalue weighted by molar-refractivity contribution is -0.881. The number of hydrogen-bond donors (Lipinski definition) is 3. The molecule has 0 fully saturated rings.